The quantitative estimate of drug-likeness (QED) is 0.101. The third kappa shape index (κ3) is 22.2. The summed E-state index contributed by atoms with van der Waals surface area (Å²) >= 11 is 0. The lowest BCUT2D eigenvalue weighted by molar-refractivity contribution is -0.134. The third-order valence-corrected chi connectivity index (χ3v) is 15.5. The molecule has 4 aromatic heterocycles. The molecule has 0 saturated heterocycles. The number of ether oxygens (including phenoxy) is 4. The molecule has 4 aromatic carbocycles. The van der Waals surface area contributed by atoms with Gasteiger partial charge in [0.15, 0.2) is 0 Å². The van der Waals surface area contributed by atoms with E-state index in [2.05, 4.69) is 124 Å². The van der Waals surface area contributed by atoms with Crippen molar-refractivity contribution in [2.24, 2.45) is 34.8 Å². The van der Waals surface area contributed by atoms with Crippen LogP contribution in [-0.4, -0.2) is 184 Å². The van der Waals surface area contributed by atoms with Crippen molar-refractivity contribution in [3.05, 3.63) is 144 Å². The molecule has 8 heterocycles. The Hall–Kier alpha value is -7.60. The number of carbonyl (C=O) groups is 4. The number of nitrogens with two attached hydrogens (primary N) is 4. The zero-order valence-corrected chi connectivity index (χ0v) is 61.6. The molecule has 0 radical (unpaired) electrons. The van der Waals surface area contributed by atoms with Gasteiger partial charge >= 0.3 is 0 Å². The fourth-order valence-electron chi connectivity index (χ4n) is 11.3. The lowest BCUT2D eigenvalue weighted by Crippen LogP contribution is -2.31. The van der Waals surface area contributed by atoms with E-state index >= 15 is 0 Å². The molecule has 20 heteroatoms. The highest BCUT2D eigenvalue weighted by Gasteiger charge is 2.40. The zero-order valence-electron chi connectivity index (χ0n) is 61.6. The van der Waals surface area contributed by atoms with Crippen molar-refractivity contribution in [3.8, 4) is 0 Å². The predicted molar refractivity (Wildman–Crippen MR) is 404 cm³/mol. The van der Waals surface area contributed by atoms with E-state index in [1.54, 1.807) is 7.05 Å². The minimum atomic E-state index is -0.366. The molecule has 20 nitrogen and oxygen atoms in total. The first-order valence-corrected chi connectivity index (χ1v) is 34.8. The molecule has 97 heavy (non-hydrogen) atoms. The molecule has 8 bridgehead atoms. The summed E-state index contributed by atoms with van der Waals surface area (Å²) in [7, 11) is 7.57. The van der Waals surface area contributed by atoms with E-state index in [0.717, 1.165) is 117 Å². The topological polar surface area (TPSA) is 251 Å². The fourth-order valence-corrected chi connectivity index (χ4v) is 11.3. The van der Waals surface area contributed by atoms with Crippen molar-refractivity contribution in [1.82, 2.24) is 38.3 Å². The molecule has 534 valence electrons. The van der Waals surface area contributed by atoms with Gasteiger partial charge in [-0.2, -0.15) is 0 Å². The molecular weight excluding hydrogens is 1220 g/mol. The van der Waals surface area contributed by atoms with E-state index < -0.39 is 0 Å². The molecule has 0 atom stereocenters. The van der Waals surface area contributed by atoms with Crippen LogP contribution in [0.3, 0.4) is 0 Å². The van der Waals surface area contributed by atoms with Gasteiger partial charge in [0, 0.05) is 150 Å². The number of fused-ring (bicyclic) bond motifs is 24. The Bertz CT molecular complexity index is 3480. The van der Waals surface area contributed by atoms with Gasteiger partial charge in [0.05, 0.1) is 75.1 Å². The number of para-hydroxylation sites is 4. The van der Waals surface area contributed by atoms with Crippen molar-refractivity contribution in [2.45, 2.75) is 109 Å². The first-order valence-electron chi connectivity index (χ1n) is 34.8. The van der Waals surface area contributed by atoms with E-state index in [1.807, 2.05) is 137 Å². The highest BCUT2D eigenvalue weighted by atomic mass is 16.5. The minimum absolute atomic E-state index is 0.278. The smallest absolute Gasteiger partial charge is 0.261 e. The van der Waals surface area contributed by atoms with Crippen molar-refractivity contribution in [2.75, 3.05) is 127 Å². The Morgan fingerprint density at radius 1 is 0.361 bits per heavy atom. The first-order chi connectivity index (χ1) is 47.2. The van der Waals surface area contributed by atoms with Gasteiger partial charge in [0.25, 0.3) is 23.6 Å². The largest absolute Gasteiger partial charge is 0.378 e. The number of carbonyl (C=O) groups excluding carboxylic acids is 4. The number of nitrogens with one attached hydrogen (secondary N) is 1. The van der Waals surface area contributed by atoms with Gasteiger partial charge in [-0.15, -0.1) is 0 Å². The highest BCUT2D eigenvalue weighted by Crippen LogP contribution is 2.42. The van der Waals surface area contributed by atoms with Crippen LogP contribution in [0.15, 0.2) is 122 Å². The van der Waals surface area contributed by atoms with E-state index in [9.17, 15) is 19.2 Å². The maximum atomic E-state index is 13.7. The second-order valence-corrected chi connectivity index (χ2v) is 23.2. The van der Waals surface area contributed by atoms with E-state index in [0.29, 0.717) is 101 Å². The van der Waals surface area contributed by atoms with Gasteiger partial charge in [0.2, 0.25) is 0 Å². The molecule has 12 rings (SSSR count). The summed E-state index contributed by atoms with van der Waals surface area (Å²) in [6.45, 7) is 38.0. The summed E-state index contributed by atoms with van der Waals surface area (Å²) in [6, 6.07) is 32.1. The molecule has 0 aliphatic carbocycles. The number of hydrogen-bond acceptors (Lipinski definition) is 14. The van der Waals surface area contributed by atoms with Gasteiger partial charge < -0.3 is 60.2 Å². The normalized spacial score (nSPS) is 15.7. The van der Waals surface area contributed by atoms with Crippen molar-refractivity contribution >= 4 is 89.5 Å². The standard InChI is InChI=1S/C31H34N4O4.C30H32N4O4.2C4H10.2C2H6.4CH5N/c1-3-33-12-16-38-18-14-34-20-24(22-8-4-6-10-26(22)34)28-29(31(37)32(2)30(28)36)25-21-35(15-19-39-17-13-33)27-11-7-5-9-23(25)27;1-2-32-11-15-37-17-13-33-19-23(21-7-3-5-9-25(21)33)27-28(30(36)31-29(27)35)24-20-34(14-18-38-16-12-32)26-10-6-4-8-22(24)26;2*1-4(2)3;6*1-2/h4-11,20-21H,3,12-19H2,1-2H3;3-10,19-20H,2,11-18H2,1H3,(H,31,35,36);2*4H,1-3H3;2*1-2H3;4*2H2,1H3. The number of benzene rings is 4. The molecule has 0 saturated carbocycles. The fraction of sp³-hybridized carbons (Fsp3) is 0.481. The number of amides is 4. The second kappa shape index (κ2) is 45.1. The summed E-state index contributed by atoms with van der Waals surface area (Å²) in [4.78, 5) is 59.8. The van der Waals surface area contributed by atoms with Gasteiger partial charge in [-0.05, 0) is 77.4 Å². The Morgan fingerprint density at radius 3 is 0.794 bits per heavy atom. The third-order valence-electron chi connectivity index (χ3n) is 15.5. The maximum absolute atomic E-state index is 13.7. The van der Waals surface area contributed by atoms with Crippen molar-refractivity contribution in [3.63, 3.8) is 0 Å². The van der Waals surface area contributed by atoms with Crippen molar-refractivity contribution in [1.29, 1.82) is 0 Å². The van der Waals surface area contributed by atoms with Crippen LogP contribution in [0.5, 0.6) is 0 Å². The zero-order chi connectivity index (χ0) is 72.1. The van der Waals surface area contributed by atoms with Crippen LogP contribution in [-0.2, 0) is 64.3 Å². The van der Waals surface area contributed by atoms with Gasteiger partial charge in [0.1, 0.15) is 0 Å². The summed E-state index contributed by atoms with van der Waals surface area (Å²) in [5, 5.41) is 6.34. The van der Waals surface area contributed by atoms with Crippen LogP contribution in [0.4, 0.5) is 0 Å². The monoisotopic (exact) mass is 1340 g/mol. The lowest BCUT2D eigenvalue weighted by Gasteiger charge is -2.20. The van der Waals surface area contributed by atoms with E-state index in [1.165, 1.54) is 33.1 Å². The van der Waals surface area contributed by atoms with Crippen LogP contribution in [0, 0.1) is 11.8 Å². The Balaban J connectivity index is 0.000000400. The van der Waals surface area contributed by atoms with Crippen LogP contribution in [0.2, 0.25) is 0 Å². The SMILES string of the molecule is CC.CC.CC(C)C.CC(C)C.CCN1CCOCCn2cc(c3ccccc32)C2=C(C(=O)N(C)C2=O)c2cn(c3ccccc23)CCOCC1.CCN1CCOCCn2cc(c3ccccc32)C2=C(C(=O)NC2=O)c2cn(c3ccccc23)CCOCC1.CN.CN.CN.CN. The molecule has 4 amide bonds. The van der Waals surface area contributed by atoms with Gasteiger partial charge in [-0.25, -0.2) is 0 Å². The molecule has 4 aliphatic heterocycles. The van der Waals surface area contributed by atoms with Crippen molar-refractivity contribution < 1.29 is 38.1 Å². The van der Waals surface area contributed by atoms with Gasteiger partial charge in [-0.1, -0.05) is 156 Å². The summed E-state index contributed by atoms with van der Waals surface area (Å²) in [5.41, 5.74) is 26.9. The van der Waals surface area contributed by atoms with Crippen LogP contribution in [0.25, 0.3) is 65.9 Å². The van der Waals surface area contributed by atoms with E-state index in [4.69, 9.17) is 18.9 Å². The Labute approximate surface area is 578 Å². The Kier molecular flexibility index (Phi) is 38.9. The summed E-state index contributed by atoms with van der Waals surface area (Å²) < 4.78 is 32.5. The van der Waals surface area contributed by atoms with Crippen LogP contribution >= 0.6 is 0 Å². The second-order valence-electron chi connectivity index (χ2n) is 23.2. The number of hydrogen-bond donors (Lipinski definition) is 5. The molecule has 0 unspecified atom stereocenters. The highest BCUT2D eigenvalue weighted by molar-refractivity contribution is 6.51. The predicted octanol–water partition coefficient (Wildman–Crippen LogP) is 11.1. The molecule has 8 aromatic rings. The molecule has 0 fully saturated rings. The molecular formula is C77H118N12O8. The van der Waals surface area contributed by atoms with E-state index in [-0.39, 0.29) is 23.6 Å². The van der Waals surface area contributed by atoms with Crippen LogP contribution in [0.1, 0.15) is 105 Å². The van der Waals surface area contributed by atoms with Gasteiger partial charge in [-0.3, -0.25) is 39.2 Å². The number of aromatic nitrogens is 4. The number of nitrogens with zero attached hydrogens (tertiary/aromatic N) is 7. The average Bonchev–Trinajstić information content (AvgIpc) is 1.58. The summed E-state index contributed by atoms with van der Waals surface area (Å²) in [5.74, 6) is 0.379. The number of imide groups is 2. The average molecular weight is 1340 g/mol. The Morgan fingerprint density at radius 2 is 0.567 bits per heavy atom. The minimum Gasteiger partial charge on any atom is -0.378 e. The number of rotatable bonds is 2. The molecule has 9 N–H and O–H groups in total. The molecule has 4 aliphatic rings. The lowest BCUT2D eigenvalue weighted by atomic mass is 9.95. The maximum Gasteiger partial charge on any atom is 0.261 e. The molecule has 0 spiro atoms. The first kappa shape index (κ1) is 83.6. The number of likely N-dealkylation sites (N-methyl/N-ethyl adjacent to an activating group) is 3. The van der Waals surface area contributed by atoms with Crippen LogP contribution < -0.4 is 28.3 Å². The summed E-state index contributed by atoms with van der Waals surface area (Å²) in [6.07, 6.45) is 7.99.